The molecule has 4 N–H and O–H groups in total. The molecule has 0 amide bonds. The molecule has 2 heterocycles. The van der Waals surface area contributed by atoms with E-state index in [4.69, 9.17) is 10.5 Å². The zero-order valence-corrected chi connectivity index (χ0v) is 24.5. The Hall–Kier alpha value is -5.19. The van der Waals surface area contributed by atoms with Gasteiger partial charge in [0.2, 0.25) is 10.0 Å². The van der Waals surface area contributed by atoms with E-state index < -0.39 is 16.0 Å². The summed E-state index contributed by atoms with van der Waals surface area (Å²) in [6, 6.07) is 32.9. The Kier molecular flexibility index (Phi) is 8.01. The average molecular weight is 607 g/mol. The summed E-state index contributed by atoms with van der Waals surface area (Å²) in [5, 5.41) is 12.2. The molecular weight excluding hydrogens is 576 g/mol. The molecule has 0 aliphatic heterocycles. The maximum absolute atomic E-state index is 13.2. The second-order valence-corrected chi connectivity index (χ2v) is 12.2. The van der Waals surface area contributed by atoms with E-state index in [9.17, 15) is 18.3 Å². The number of fused-ring (bicyclic) bond motifs is 2. The van der Waals surface area contributed by atoms with E-state index in [0.717, 1.165) is 16.3 Å². The number of carbonyl (C=O) groups is 1. The van der Waals surface area contributed by atoms with E-state index in [-0.39, 0.29) is 24.5 Å². The SMILES string of the molecule is NCc1ccc2cc(C(=O)O)n(Cc3cc(NS(=O)(=O)Cc4ccccc4)cc4cccc(OCc5ccccc5)c34)c2n1. The summed E-state index contributed by atoms with van der Waals surface area (Å²) >= 11 is 0. The van der Waals surface area contributed by atoms with E-state index in [2.05, 4.69) is 9.71 Å². The number of anilines is 1. The van der Waals surface area contributed by atoms with Crippen molar-refractivity contribution in [2.75, 3.05) is 4.72 Å². The molecule has 4 aromatic carbocycles. The molecule has 6 aromatic rings. The molecule has 10 heteroatoms. The molecule has 0 unspecified atom stereocenters. The van der Waals surface area contributed by atoms with Crippen molar-refractivity contribution in [2.24, 2.45) is 5.73 Å². The molecule has 6 rings (SSSR count). The first kappa shape index (κ1) is 28.9. The van der Waals surface area contributed by atoms with Gasteiger partial charge < -0.3 is 20.1 Å². The summed E-state index contributed by atoms with van der Waals surface area (Å²) < 4.78 is 37.0. The van der Waals surface area contributed by atoms with Crippen LogP contribution in [0.4, 0.5) is 5.69 Å². The lowest BCUT2D eigenvalue weighted by molar-refractivity contribution is 0.0686. The van der Waals surface area contributed by atoms with Crippen LogP contribution in [0.1, 0.15) is 32.9 Å². The van der Waals surface area contributed by atoms with E-state index in [1.165, 1.54) is 0 Å². The third-order valence-electron chi connectivity index (χ3n) is 7.29. The number of aromatic carboxylic acids is 1. The molecule has 0 aliphatic carbocycles. The van der Waals surface area contributed by atoms with Gasteiger partial charge >= 0.3 is 5.97 Å². The molecule has 2 aromatic heterocycles. The number of hydrogen-bond acceptors (Lipinski definition) is 6. The van der Waals surface area contributed by atoms with Crippen LogP contribution in [0.3, 0.4) is 0 Å². The summed E-state index contributed by atoms with van der Waals surface area (Å²) in [5.74, 6) is -0.718. The zero-order chi connectivity index (χ0) is 30.7. The van der Waals surface area contributed by atoms with Gasteiger partial charge in [0.1, 0.15) is 23.7 Å². The number of nitrogens with two attached hydrogens (primary N) is 1. The van der Waals surface area contributed by atoms with Crippen molar-refractivity contribution in [3.63, 3.8) is 0 Å². The highest BCUT2D eigenvalue weighted by Gasteiger charge is 2.20. The highest BCUT2D eigenvalue weighted by atomic mass is 32.2. The molecule has 0 saturated carbocycles. The number of sulfonamides is 1. The quantitative estimate of drug-likeness (QED) is 0.167. The molecule has 222 valence electrons. The van der Waals surface area contributed by atoms with Crippen molar-refractivity contribution in [2.45, 2.75) is 25.4 Å². The Morgan fingerprint density at radius 2 is 1.59 bits per heavy atom. The van der Waals surface area contributed by atoms with Crippen LogP contribution >= 0.6 is 0 Å². The average Bonchev–Trinajstić information content (AvgIpc) is 3.38. The highest BCUT2D eigenvalue weighted by molar-refractivity contribution is 7.91. The molecule has 0 radical (unpaired) electrons. The van der Waals surface area contributed by atoms with Crippen molar-refractivity contribution < 1.29 is 23.1 Å². The van der Waals surface area contributed by atoms with Crippen LogP contribution < -0.4 is 15.2 Å². The van der Waals surface area contributed by atoms with Gasteiger partial charge in [-0.1, -0.05) is 72.8 Å². The number of ether oxygens (including phenoxy) is 1. The van der Waals surface area contributed by atoms with Gasteiger partial charge in [-0.25, -0.2) is 18.2 Å². The Morgan fingerprint density at radius 1 is 0.864 bits per heavy atom. The van der Waals surface area contributed by atoms with Crippen LogP contribution in [-0.4, -0.2) is 29.0 Å². The predicted octanol–water partition coefficient (Wildman–Crippen LogP) is 5.92. The number of carboxylic acid groups (broad SMARTS) is 1. The second-order valence-electron chi connectivity index (χ2n) is 10.5. The fraction of sp³-hybridized carbons (Fsp3) is 0.118. The lowest BCUT2D eigenvalue weighted by Crippen LogP contribution is -2.16. The number of nitrogens with zero attached hydrogens (tertiary/aromatic N) is 2. The molecule has 0 saturated heterocycles. The first-order chi connectivity index (χ1) is 21.3. The Morgan fingerprint density at radius 3 is 2.30 bits per heavy atom. The molecule has 0 fully saturated rings. The van der Waals surface area contributed by atoms with Gasteiger partial charge in [0.25, 0.3) is 0 Å². The number of pyridine rings is 1. The number of benzene rings is 4. The zero-order valence-electron chi connectivity index (χ0n) is 23.7. The Balaban J connectivity index is 1.47. The molecule has 0 aliphatic rings. The topological polar surface area (TPSA) is 137 Å². The summed E-state index contributed by atoms with van der Waals surface area (Å²) in [6.45, 7) is 0.602. The van der Waals surface area contributed by atoms with Crippen LogP contribution in [0.15, 0.2) is 109 Å². The maximum atomic E-state index is 13.2. The number of aromatic nitrogens is 2. The van der Waals surface area contributed by atoms with Crippen LogP contribution in [0.2, 0.25) is 0 Å². The van der Waals surface area contributed by atoms with Crippen LogP contribution in [0.25, 0.3) is 21.8 Å². The van der Waals surface area contributed by atoms with Gasteiger partial charge in [-0.3, -0.25) is 4.72 Å². The van der Waals surface area contributed by atoms with E-state index >= 15 is 0 Å². The molecule has 0 spiro atoms. The van der Waals surface area contributed by atoms with Gasteiger partial charge in [0.05, 0.1) is 18.0 Å². The van der Waals surface area contributed by atoms with E-state index in [0.29, 0.717) is 45.9 Å². The molecule has 9 nitrogen and oxygen atoms in total. The monoisotopic (exact) mass is 606 g/mol. The molecular formula is C34H30N4O5S. The van der Waals surface area contributed by atoms with Gasteiger partial charge in [0, 0.05) is 23.0 Å². The van der Waals surface area contributed by atoms with Crippen molar-refractivity contribution >= 4 is 43.5 Å². The molecule has 44 heavy (non-hydrogen) atoms. The summed E-state index contributed by atoms with van der Waals surface area (Å²) in [4.78, 5) is 17.0. The van der Waals surface area contributed by atoms with Gasteiger partial charge in [-0.05, 0) is 58.5 Å². The van der Waals surface area contributed by atoms with Gasteiger partial charge in [0.15, 0.2) is 0 Å². The minimum Gasteiger partial charge on any atom is -0.488 e. The smallest absolute Gasteiger partial charge is 0.352 e. The number of rotatable bonds is 11. The first-order valence-electron chi connectivity index (χ1n) is 14.0. The second kappa shape index (κ2) is 12.2. The van der Waals surface area contributed by atoms with Crippen LogP contribution in [0.5, 0.6) is 5.75 Å². The summed E-state index contributed by atoms with van der Waals surface area (Å²) in [7, 11) is -3.77. The largest absolute Gasteiger partial charge is 0.488 e. The van der Waals surface area contributed by atoms with Crippen molar-refractivity contribution in [3.8, 4) is 5.75 Å². The van der Waals surface area contributed by atoms with E-state index in [1.54, 1.807) is 59.2 Å². The fourth-order valence-electron chi connectivity index (χ4n) is 5.32. The number of hydrogen-bond donors (Lipinski definition) is 3. The van der Waals surface area contributed by atoms with E-state index in [1.807, 2.05) is 54.6 Å². The minimum atomic E-state index is -3.77. The van der Waals surface area contributed by atoms with Crippen LogP contribution in [0, 0.1) is 0 Å². The van der Waals surface area contributed by atoms with Crippen molar-refractivity contribution in [1.29, 1.82) is 0 Å². The summed E-state index contributed by atoms with van der Waals surface area (Å²) in [5.41, 5.74) is 9.64. The first-order valence-corrected chi connectivity index (χ1v) is 15.6. The van der Waals surface area contributed by atoms with Crippen LogP contribution in [-0.2, 0) is 35.5 Å². The third-order valence-corrected chi connectivity index (χ3v) is 8.55. The maximum Gasteiger partial charge on any atom is 0.352 e. The third kappa shape index (κ3) is 6.26. The fourth-order valence-corrected chi connectivity index (χ4v) is 6.50. The van der Waals surface area contributed by atoms with Gasteiger partial charge in [-0.15, -0.1) is 0 Å². The Bertz CT molecular complexity index is 2080. The van der Waals surface area contributed by atoms with Gasteiger partial charge in [-0.2, -0.15) is 0 Å². The summed E-state index contributed by atoms with van der Waals surface area (Å²) in [6.07, 6.45) is 0. The lowest BCUT2D eigenvalue weighted by Gasteiger charge is -2.17. The molecule has 0 atom stereocenters. The number of carboxylic acids is 1. The minimum absolute atomic E-state index is 0.0487. The van der Waals surface area contributed by atoms with Crippen molar-refractivity contribution in [3.05, 3.63) is 137 Å². The standard InChI is InChI=1S/C34H30N4O5S/c35-19-28-15-14-26-18-30(34(39)40)38(33(26)36-28)20-27-17-29(37-44(41,42)22-24-10-5-2-6-11-24)16-25-12-7-13-31(32(25)27)43-21-23-8-3-1-4-9-23/h1-18,37H,19-22,35H2,(H,39,40). The number of nitrogens with one attached hydrogen (secondary N) is 1. The normalized spacial score (nSPS) is 11.6. The highest BCUT2D eigenvalue weighted by Crippen LogP contribution is 2.35. The lowest BCUT2D eigenvalue weighted by atomic mass is 10.0. The van der Waals surface area contributed by atoms with Crippen molar-refractivity contribution in [1.82, 2.24) is 9.55 Å². The predicted molar refractivity (Wildman–Crippen MR) is 171 cm³/mol. The Labute approximate surface area is 254 Å². The molecule has 0 bridgehead atoms.